The number of aliphatic hydroxyl groups is 1. The summed E-state index contributed by atoms with van der Waals surface area (Å²) in [5.74, 6) is -1.43. The Morgan fingerprint density at radius 3 is 2.47 bits per heavy atom. The second-order valence-electron chi connectivity index (χ2n) is 10.7. The van der Waals surface area contributed by atoms with Crippen LogP contribution in [0.25, 0.3) is 10.9 Å². The molecule has 1 aromatic heterocycles. The van der Waals surface area contributed by atoms with E-state index in [1.165, 1.54) is 0 Å². The molecule has 4 atom stereocenters. The summed E-state index contributed by atoms with van der Waals surface area (Å²) in [5.41, 5.74) is 0.545. The van der Waals surface area contributed by atoms with Crippen LogP contribution < -0.4 is 5.32 Å². The summed E-state index contributed by atoms with van der Waals surface area (Å²) in [5, 5.41) is 15.1. The Balaban J connectivity index is 1.61. The van der Waals surface area contributed by atoms with Crippen LogP contribution in [0.5, 0.6) is 0 Å². The van der Waals surface area contributed by atoms with Gasteiger partial charge in [-0.2, -0.15) is 0 Å². The summed E-state index contributed by atoms with van der Waals surface area (Å²) in [6.45, 7) is 10.1. The number of hydrogen-bond acceptors (Lipinski definition) is 6. The van der Waals surface area contributed by atoms with Crippen molar-refractivity contribution < 1.29 is 24.2 Å². The quantitative estimate of drug-likeness (QED) is 0.655. The zero-order valence-corrected chi connectivity index (χ0v) is 20.4. The first-order valence-electron chi connectivity index (χ1n) is 11.8. The van der Waals surface area contributed by atoms with Crippen molar-refractivity contribution in [2.24, 2.45) is 11.8 Å². The Hall–Kier alpha value is -3.00. The zero-order valence-electron chi connectivity index (χ0n) is 20.4. The number of hydrogen-bond donors (Lipinski definition) is 2. The first-order valence-corrected chi connectivity index (χ1v) is 11.8. The largest absolute Gasteiger partial charge is 0.444 e. The molecule has 0 bridgehead atoms. The van der Waals surface area contributed by atoms with Crippen molar-refractivity contribution in [2.45, 2.75) is 64.6 Å². The number of benzene rings is 1. The fourth-order valence-corrected chi connectivity index (χ4v) is 5.14. The van der Waals surface area contributed by atoms with Gasteiger partial charge in [0.15, 0.2) is 0 Å². The minimum absolute atomic E-state index is 0.229. The molecule has 0 saturated carbocycles. The van der Waals surface area contributed by atoms with E-state index in [-0.39, 0.29) is 29.7 Å². The van der Waals surface area contributed by atoms with Gasteiger partial charge in [0.1, 0.15) is 5.60 Å². The van der Waals surface area contributed by atoms with Crippen LogP contribution in [-0.2, 0) is 19.9 Å². The summed E-state index contributed by atoms with van der Waals surface area (Å²) in [6, 6.07) is 7.60. The summed E-state index contributed by atoms with van der Waals surface area (Å²) in [6.07, 6.45) is 2.07. The van der Waals surface area contributed by atoms with Crippen LogP contribution in [0.15, 0.2) is 30.5 Å². The van der Waals surface area contributed by atoms with E-state index in [0.717, 1.165) is 22.0 Å². The number of aromatic nitrogens is 1. The third-order valence-electron chi connectivity index (χ3n) is 6.95. The third kappa shape index (κ3) is 4.51. The maximum atomic E-state index is 12.6. The number of nitrogens with zero attached hydrogens (tertiary/aromatic N) is 2. The molecule has 4 rings (SSSR count). The molecule has 2 unspecified atom stereocenters. The maximum Gasteiger partial charge on any atom is 0.410 e. The van der Waals surface area contributed by atoms with E-state index < -0.39 is 17.1 Å². The molecule has 8 nitrogen and oxygen atoms in total. The summed E-state index contributed by atoms with van der Waals surface area (Å²) in [7, 11) is 0. The van der Waals surface area contributed by atoms with E-state index in [1.54, 1.807) is 11.1 Å². The van der Waals surface area contributed by atoms with Gasteiger partial charge in [0.05, 0.1) is 17.0 Å². The average molecular weight is 468 g/mol. The molecule has 1 aromatic carbocycles. The highest BCUT2D eigenvalue weighted by Crippen LogP contribution is 2.42. The Kier molecular flexibility index (Phi) is 6.14. The highest BCUT2D eigenvalue weighted by atomic mass is 16.6. The molecule has 2 aliphatic rings. The molecule has 0 aliphatic carbocycles. The first-order chi connectivity index (χ1) is 15.9. The molecule has 0 radical (unpaired) electrons. The third-order valence-corrected chi connectivity index (χ3v) is 6.95. The Labute approximate surface area is 199 Å². The first kappa shape index (κ1) is 24.1. The van der Waals surface area contributed by atoms with E-state index in [2.05, 4.69) is 10.3 Å². The second kappa shape index (κ2) is 8.65. The van der Waals surface area contributed by atoms with E-state index in [9.17, 15) is 19.5 Å². The predicted octanol–water partition coefficient (Wildman–Crippen LogP) is 3.47. The minimum atomic E-state index is -1.14. The lowest BCUT2D eigenvalue weighted by molar-refractivity contribution is -0.134. The van der Waals surface area contributed by atoms with Gasteiger partial charge >= 0.3 is 6.09 Å². The molecule has 2 N–H and O–H groups in total. The normalized spacial score (nSPS) is 28.1. The lowest BCUT2D eigenvalue weighted by atomic mass is 9.70. The zero-order chi connectivity index (χ0) is 24.8. The Bertz CT molecular complexity index is 1130. The number of rotatable bonds is 2. The topological polar surface area (TPSA) is 109 Å². The Morgan fingerprint density at radius 2 is 1.85 bits per heavy atom. The van der Waals surface area contributed by atoms with Crippen LogP contribution in [0.4, 0.5) is 4.79 Å². The van der Waals surface area contributed by atoms with Crippen LogP contribution in [0.3, 0.4) is 0 Å². The number of ether oxygens (including phenoxy) is 1. The minimum Gasteiger partial charge on any atom is -0.444 e. The van der Waals surface area contributed by atoms with Gasteiger partial charge in [0.2, 0.25) is 11.8 Å². The van der Waals surface area contributed by atoms with Gasteiger partial charge in [0, 0.05) is 42.9 Å². The molecule has 182 valence electrons. The van der Waals surface area contributed by atoms with Crippen LogP contribution in [-0.4, -0.2) is 51.6 Å². The number of fused-ring (bicyclic) bond motifs is 1. The van der Waals surface area contributed by atoms with E-state index in [1.807, 2.05) is 58.9 Å². The number of nitrogens with one attached hydrogen (secondary N) is 1. The number of pyridine rings is 1. The number of likely N-dealkylation sites (tertiary alicyclic amines) is 1. The van der Waals surface area contributed by atoms with Gasteiger partial charge in [-0.15, -0.1) is 0 Å². The second-order valence-corrected chi connectivity index (χ2v) is 10.7. The molecule has 2 aromatic rings. The lowest BCUT2D eigenvalue weighted by Crippen LogP contribution is -2.56. The van der Waals surface area contributed by atoms with Crippen LogP contribution >= 0.6 is 0 Å². The van der Waals surface area contributed by atoms with Crippen molar-refractivity contribution in [1.29, 1.82) is 0 Å². The van der Waals surface area contributed by atoms with Crippen molar-refractivity contribution in [2.75, 3.05) is 13.1 Å². The molecular formula is C26H33N3O5. The average Bonchev–Trinajstić information content (AvgIpc) is 2.75. The number of amides is 3. The molecule has 3 amide bonds. The van der Waals surface area contributed by atoms with Gasteiger partial charge in [-0.3, -0.25) is 19.9 Å². The van der Waals surface area contributed by atoms with Crippen LogP contribution in [0.1, 0.15) is 64.5 Å². The van der Waals surface area contributed by atoms with E-state index in [4.69, 9.17) is 4.74 Å². The fourth-order valence-electron chi connectivity index (χ4n) is 5.14. The standard InChI is InChI=1S/C26H33N3O5/c1-15-13-29(24(32)34-25(3,4)5)14-16(2)26(15,33)19-6-8-21-17(11-19)10-18(12-27-21)20-7-9-22(30)28-23(20)31/h6,8,10-12,15-16,20,33H,7,9,13-14H2,1-5H3,(H,28,30,31)/t15-,16+,20?,26?. The molecule has 2 saturated heterocycles. The molecule has 8 heteroatoms. The molecule has 2 fully saturated rings. The van der Waals surface area contributed by atoms with Crippen molar-refractivity contribution in [1.82, 2.24) is 15.2 Å². The van der Waals surface area contributed by atoms with Crippen molar-refractivity contribution >= 4 is 28.8 Å². The van der Waals surface area contributed by atoms with E-state index >= 15 is 0 Å². The molecule has 0 spiro atoms. The number of piperidine rings is 2. The maximum absolute atomic E-state index is 12.6. The van der Waals surface area contributed by atoms with Crippen LogP contribution in [0, 0.1) is 11.8 Å². The summed E-state index contributed by atoms with van der Waals surface area (Å²) >= 11 is 0. The van der Waals surface area contributed by atoms with Crippen LogP contribution in [0.2, 0.25) is 0 Å². The lowest BCUT2D eigenvalue weighted by Gasteiger charge is -2.48. The number of carbonyl (C=O) groups excluding carboxylic acids is 3. The van der Waals surface area contributed by atoms with Gasteiger partial charge in [-0.25, -0.2) is 4.79 Å². The summed E-state index contributed by atoms with van der Waals surface area (Å²) < 4.78 is 5.53. The molecule has 3 heterocycles. The smallest absolute Gasteiger partial charge is 0.410 e. The molecular weight excluding hydrogens is 434 g/mol. The molecule has 2 aliphatic heterocycles. The van der Waals surface area contributed by atoms with Crippen molar-refractivity contribution in [3.8, 4) is 0 Å². The predicted molar refractivity (Wildman–Crippen MR) is 127 cm³/mol. The van der Waals surface area contributed by atoms with Gasteiger partial charge in [0.25, 0.3) is 0 Å². The highest BCUT2D eigenvalue weighted by Gasteiger charge is 2.47. The van der Waals surface area contributed by atoms with Crippen molar-refractivity contribution in [3.63, 3.8) is 0 Å². The monoisotopic (exact) mass is 467 g/mol. The highest BCUT2D eigenvalue weighted by molar-refractivity contribution is 6.01. The van der Waals surface area contributed by atoms with Gasteiger partial charge in [-0.1, -0.05) is 19.9 Å². The molecule has 34 heavy (non-hydrogen) atoms. The van der Waals surface area contributed by atoms with E-state index in [0.29, 0.717) is 25.9 Å². The van der Waals surface area contributed by atoms with Crippen molar-refractivity contribution in [3.05, 3.63) is 41.6 Å². The SMILES string of the molecule is C[C@@H]1CN(C(=O)OC(C)(C)C)C[C@H](C)C1(O)c1ccc2ncc(C3CCC(=O)NC3=O)cc2c1. The van der Waals surface area contributed by atoms with Gasteiger partial charge < -0.3 is 14.7 Å². The number of carbonyl (C=O) groups is 3. The van der Waals surface area contributed by atoms with Gasteiger partial charge in [-0.05, 0) is 56.5 Å². The fraction of sp³-hybridized carbons (Fsp3) is 0.538. The summed E-state index contributed by atoms with van der Waals surface area (Å²) in [4.78, 5) is 42.6. The Morgan fingerprint density at radius 1 is 1.18 bits per heavy atom. The number of imide groups is 1.